The Hall–Kier alpha value is -1.77. The van der Waals surface area contributed by atoms with Crippen molar-refractivity contribution in [2.45, 2.75) is 0 Å². The molecule has 0 aliphatic carbocycles. The minimum Gasteiger partial charge on any atom is -0.348 e. The van der Waals surface area contributed by atoms with Gasteiger partial charge in [0.05, 0.1) is 10.2 Å². The summed E-state index contributed by atoms with van der Waals surface area (Å²) in [5, 5.41) is 1.75. The molecule has 0 bridgehead atoms. The van der Waals surface area contributed by atoms with Crippen molar-refractivity contribution in [2.24, 2.45) is 0 Å². The van der Waals surface area contributed by atoms with E-state index in [1.54, 1.807) is 5.32 Å². The van der Waals surface area contributed by atoms with Crippen LogP contribution in [-0.4, -0.2) is 4.98 Å². The summed E-state index contributed by atoms with van der Waals surface area (Å²) in [4.78, 5) is 2.33. The molecule has 1 heterocycles. The van der Waals surface area contributed by atoms with Crippen LogP contribution in [-0.2, 0) is 0 Å². The van der Waals surface area contributed by atoms with E-state index in [2.05, 4.69) is 20.9 Å². The van der Waals surface area contributed by atoms with Crippen LogP contribution in [0.3, 0.4) is 0 Å². The van der Waals surface area contributed by atoms with E-state index in [-0.39, 0.29) is 4.47 Å². The molecule has 0 radical (unpaired) electrons. The van der Waals surface area contributed by atoms with Gasteiger partial charge in [0.2, 0.25) is 11.6 Å². The number of halogens is 7. The number of nitrogens with one attached hydrogen (secondary N) is 1. The molecule has 2 aromatic rings. The lowest BCUT2D eigenvalue weighted by Crippen LogP contribution is -2.07. The molecule has 2 nitrogen and oxygen atoms in total. The number of rotatable bonds is 2. The highest BCUT2D eigenvalue weighted by molar-refractivity contribution is 9.10. The highest BCUT2D eigenvalue weighted by atomic mass is 79.9. The van der Waals surface area contributed by atoms with Crippen LogP contribution < -0.4 is 5.32 Å². The topological polar surface area (TPSA) is 24.9 Å². The van der Waals surface area contributed by atoms with Crippen molar-refractivity contribution in [3.8, 4) is 0 Å². The zero-order valence-corrected chi connectivity index (χ0v) is 10.8. The third-order valence-electron chi connectivity index (χ3n) is 2.27. The van der Waals surface area contributed by atoms with Gasteiger partial charge in [0.15, 0.2) is 0 Å². The summed E-state index contributed by atoms with van der Waals surface area (Å²) < 4.78 is 78.8. The third-order valence-corrected chi connectivity index (χ3v) is 2.87. The van der Waals surface area contributed by atoms with E-state index >= 15 is 0 Å². The molecule has 0 aliphatic rings. The number of pyridine rings is 1. The number of hydrogen-bond acceptors (Lipinski definition) is 2. The summed E-state index contributed by atoms with van der Waals surface area (Å²) in [7, 11) is 0. The van der Waals surface area contributed by atoms with E-state index in [1.165, 1.54) is 0 Å². The lowest BCUT2D eigenvalue weighted by molar-refractivity contribution is 0.411. The maximum Gasteiger partial charge on any atom is 0.253 e. The molecule has 0 unspecified atom stereocenters. The summed E-state index contributed by atoms with van der Waals surface area (Å²) in [6.45, 7) is 0. The fourth-order valence-corrected chi connectivity index (χ4v) is 1.67. The average Bonchev–Trinajstić information content (AvgIpc) is 2.38. The van der Waals surface area contributed by atoms with Gasteiger partial charge in [-0.1, -0.05) is 0 Å². The highest BCUT2D eigenvalue weighted by Gasteiger charge is 2.22. The number of hydrogen-bond donors (Lipinski definition) is 1. The Morgan fingerprint density at radius 2 is 1.40 bits per heavy atom. The van der Waals surface area contributed by atoms with E-state index in [0.717, 1.165) is 0 Å². The summed E-state index contributed by atoms with van der Waals surface area (Å²) in [5.41, 5.74) is -2.01. The number of anilines is 2. The molecule has 0 spiro atoms. The van der Waals surface area contributed by atoms with Gasteiger partial charge >= 0.3 is 0 Å². The molecule has 20 heavy (non-hydrogen) atoms. The lowest BCUT2D eigenvalue weighted by atomic mass is 10.2. The summed E-state index contributed by atoms with van der Waals surface area (Å²) in [6, 6.07) is 1.25. The second kappa shape index (κ2) is 5.31. The van der Waals surface area contributed by atoms with Gasteiger partial charge in [-0.05, 0) is 22.0 Å². The molecule has 2 rings (SSSR count). The number of aromatic nitrogens is 1. The Morgan fingerprint density at radius 3 is 1.95 bits per heavy atom. The molecule has 0 atom stereocenters. The molecule has 9 heteroatoms. The largest absolute Gasteiger partial charge is 0.348 e. The van der Waals surface area contributed by atoms with Crippen LogP contribution in [0.25, 0.3) is 0 Å². The van der Waals surface area contributed by atoms with Gasteiger partial charge in [0.1, 0.15) is 17.3 Å². The van der Waals surface area contributed by atoms with E-state index in [1.807, 2.05) is 0 Å². The van der Waals surface area contributed by atoms with Gasteiger partial charge in [0, 0.05) is 6.07 Å². The minimum absolute atomic E-state index is 0.228. The molecule has 106 valence electrons. The highest BCUT2D eigenvalue weighted by Crippen LogP contribution is 2.29. The molecule has 0 amide bonds. The Balaban J connectivity index is 2.53. The van der Waals surface area contributed by atoms with Crippen molar-refractivity contribution in [2.75, 3.05) is 5.32 Å². The first-order valence-corrected chi connectivity index (χ1v) is 5.72. The Bertz CT molecular complexity index is 665. The van der Waals surface area contributed by atoms with E-state index in [4.69, 9.17) is 0 Å². The molecule has 0 saturated carbocycles. The standard InChI is InChI=1S/C11H3BrF6N2/c12-3-1-5(14)6(2-4(3)13)19-9-7(15)10(17)20-11(18)8(9)16/h1-2H,(H,19,20). The summed E-state index contributed by atoms with van der Waals surface area (Å²) in [6.07, 6.45) is 0. The molecule has 1 aromatic heterocycles. The normalized spacial score (nSPS) is 10.8. The Kier molecular flexibility index (Phi) is 3.89. The second-order valence-corrected chi connectivity index (χ2v) is 4.42. The maximum atomic E-state index is 13.5. The van der Waals surface area contributed by atoms with Crippen molar-refractivity contribution in [1.82, 2.24) is 4.98 Å². The van der Waals surface area contributed by atoms with E-state index in [9.17, 15) is 26.3 Å². The van der Waals surface area contributed by atoms with Crippen LogP contribution in [0, 0.1) is 35.2 Å². The van der Waals surface area contributed by atoms with Crippen molar-refractivity contribution >= 4 is 27.3 Å². The fraction of sp³-hybridized carbons (Fsp3) is 0. The molecule has 0 aliphatic heterocycles. The zero-order valence-electron chi connectivity index (χ0n) is 9.25. The van der Waals surface area contributed by atoms with Crippen LogP contribution in [0.5, 0.6) is 0 Å². The first kappa shape index (κ1) is 14.6. The van der Waals surface area contributed by atoms with E-state index < -0.39 is 46.5 Å². The molecule has 1 N–H and O–H groups in total. The summed E-state index contributed by atoms with van der Waals surface area (Å²) in [5.74, 6) is -9.56. The Labute approximate surface area is 116 Å². The zero-order chi connectivity index (χ0) is 15.0. The minimum atomic E-state index is -1.91. The van der Waals surface area contributed by atoms with Crippen molar-refractivity contribution in [3.63, 3.8) is 0 Å². The van der Waals surface area contributed by atoms with Crippen LogP contribution in [0.1, 0.15) is 0 Å². The van der Waals surface area contributed by atoms with Crippen molar-refractivity contribution in [3.05, 3.63) is 51.8 Å². The van der Waals surface area contributed by atoms with Crippen molar-refractivity contribution < 1.29 is 26.3 Å². The van der Waals surface area contributed by atoms with Gasteiger partial charge in [-0.15, -0.1) is 0 Å². The van der Waals surface area contributed by atoms with Crippen LogP contribution >= 0.6 is 15.9 Å². The number of nitrogens with zero attached hydrogens (tertiary/aromatic N) is 1. The van der Waals surface area contributed by atoms with Gasteiger partial charge in [0.25, 0.3) is 11.9 Å². The van der Waals surface area contributed by atoms with Crippen molar-refractivity contribution in [1.29, 1.82) is 0 Å². The molecule has 1 aromatic carbocycles. The van der Waals surface area contributed by atoms with Gasteiger partial charge in [-0.3, -0.25) is 0 Å². The molecular formula is C11H3BrF6N2. The quantitative estimate of drug-likeness (QED) is 0.489. The fourth-order valence-electron chi connectivity index (χ4n) is 1.35. The molecular weight excluding hydrogens is 354 g/mol. The predicted octanol–water partition coefficient (Wildman–Crippen LogP) is 4.42. The summed E-state index contributed by atoms with van der Waals surface area (Å²) >= 11 is 2.70. The van der Waals surface area contributed by atoms with Crippen LogP contribution in [0.4, 0.5) is 37.7 Å². The van der Waals surface area contributed by atoms with Crippen LogP contribution in [0.2, 0.25) is 0 Å². The smallest absolute Gasteiger partial charge is 0.253 e. The Morgan fingerprint density at radius 1 is 0.850 bits per heavy atom. The SMILES string of the molecule is Fc1cc(Nc2c(F)c(F)nc(F)c2F)c(F)cc1Br. The van der Waals surface area contributed by atoms with Crippen LogP contribution in [0.15, 0.2) is 16.6 Å². The van der Waals surface area contributed by atoms with Gasteiger partial charge in [-0.25, -0.2) is 8.78 Å². The first-order chi connectivity index (χ1) is 9.31. The molecule has 0 fully saturated rings. The average molecular weight is 357 g/mol. The lowest BCUT2D eigenvalue weighted by Gasteiger charge is -2.10. The second-order valence-electron chi connectivity index (χ2n) is 3.57. The van der Waals surface area contributed by atoms with Gasteiger partial charge in [-0.2, -0.15) is 22.5 Å². The third kappa shape index (κ3) is 2.58. The monoisotopic (exact) mass is 356 g/mol. The molecule has 0 saturated heterocycles. The number of benzene rings is 1. The predicted molar refractivity (Wildman–Crippen MR) is 61.4 cm³/mol. The van der Waals surface area contributed by atoms with Gasteiger partial charge < -0.3 is 5.32 Å². The maximum absolute atomic E-state index is 13.5. The van der Waals surface area contributed by atoms with E-state index in [0.29, 0.717) is 12.1 Å². The first-order valence-electron chi connectivity index (χ1n) is 4.92.